The number of hydrogen-bond acceptors (Lipinski definition) is 5. The fraction of sp³-hybridized carbons (Fsp3) is 0.143. The number of nitrogens with two attached hydrogens (primary N) is 5. The summed E-state index contributed by atoms with van der Waals surface area (Å²) in [5.74, 6) is 0. The first-order chi connectivity index (χ1) is 5.46. The van der Waals surface area contributed by atoms with Gasteiger partial charge in [0.05, 0.1) is 28.4 Å². The van der Waals surface area contributed by atoms with Crippen LogP contribution in [0.3, 0.4) is 0 Å². The number of nitrogen functional groups attached to an aromatic ring is 5. The molecule has 0 unspecified atom stereocenters. The minimum absolute atomic E-state index is 0.260. The van der Waals surface area contributed by atoms with Crippen LogP contribution in [-0.2, 0) is 0 Å². The molecule has 10 N–H and O–H groups in total. The molecule has 0 aliphatic heterocycles. The molecule has 0 amide bonds. The highest BCUT2D eigenvalue weighted by Gasteiger charge is 2.11. The Hall–Kier alpha value is -1.78. The van der Waals surface area contributed by atoms with Gasteiger partial charge in [-0.25, -0.2) is 0 Å². The Morgan fingerprint density at radius 1 is 0.583 bits per heavy atom. The van der Waals surface area contributed by atoms with Gasteiger partial charge in [-0.15, -0.1) is 0 Å². The summed E-state index contributed by atoms with van der Waals surface area (Å²) in [7, 11) is 0. The predicted molar refractivity (Wildman–Crippen MR) is 53.2 cm³/mol. The third-order valence-corrected chi connectivity index (χ3v) is 1.97. The van der Waals surface area contributed by atoms with Gasteiger partial charge >= 0.3 is 0 Å². The molecule has 0 aliphatic carbocycles. The molecular formula is C7H13N5. The lowest BCUT2D eigenvalue weighted by molar-refractivity contribution is 1.47. The molecule has 1 aromatic carbocycles. The summed E-state index contributed by atoms with van der Waals surface area (Å²) in [5.41, 5.74) is 30.3. The van der Waals surface area contributed by atoms with Crippen molar-refractivity contribution in [3.63, 3.8) is 0 Å². The third kappa shape index (κ3) is 0.868. The molecule has 1 aromatic rings. The summed E-state index contributed by atoms with van der Waals surface area (Å²) < 4.78 is 0. The fourth-order valence-electron chi connectivity index (χ4n) is 0.984. The van der Waals surface area contributed by atoms with E-state index in [0.29, 0.717) is 28.3 Å². The molecule has 0 saturated heterocycles. The van der Waals surface area contributed by atoms with Crippen molar-refractivity contribution in [2.75, 3.05) is 28.7 Å². The Kier molecular flexibility index (Phi) is 1.64. The van der Waals surface area contributed by atoms with Gasteiger partial charge in [0.25, 0.3) is 0 Å². The van der Waals surface area contributed by atoms with Crippen LogP contribution >= 0.6 is 0 Å². The molecule has 0 aliphatic rings. The topological polar surface area (TPSA) is 130 Å². The third-order valence-electron chi connectivity index (χ3n) is 1.97. The molecule has 0 heterocycles. The Morgan fingerprint density at radius 3 is 1.17 bits per heavy atom. The second-order valence-corrected chi connectivity index (χ2v) is 2.69. The van der Waals surface area contributed by atoms with Crippen molar-refractivity contribution in [2.24, 2.45) is 0 Å². The van der Waals surface area contributed by atoms with Crippen molar-refractivity contribution in [2.45, 2.75) is 6.92 Å². The van der Waals surface area contributed by atoms with E-state index in [1.54, 1.807) is 6.92 Å². The molecule has 0 bridgehead atoms. The van der Waals surface area contributed by atoms with Crippen molar-refractivity contribution in [3.8, 4) is 0 Å². The maximum Gasteiger partial charge on any atom is 0.0824 e. The van der Waals surface area contributed by atoms with E-state index in [1.165, 1.54) is 0 Å². The van der Waals surface area contributed by atoms with E-state index in [2.05, 4.69) is 0 Å². The first kappa shape index (κ1) is 8.32. The maximum atomic E-state index is 5.61. The van der Waals surface area contributed by atoms with Gasteiger partial charge in [0, 0.05) is 0 Å². The molecule has 0 radical (unpaired) electrons. The van der Waals surface area contributed by atoms with Crippen molar-refractivity contribution < 1.29 is 0 Å². The van der Waals surface area contributed by atoms with E-state index in [9.17, 15) is 0 Å². The van der Waals surface area contributed by atoms with E-state index >= 15 is 0 Å². The van der Waals surface area contributed by atoms with E-state index in [-0.39, 0.29) is 5.69 Å². The fourth-order valence-corrected chi connectivity index (χ4v) is 0.984. The van der Waals surface area contributed by atoms with E-state index in [0.717, 1.165) is 0 Å². The Labute approximate surface area is 70.5 Å². The van der Waals surface area contributed by atoms with Gasteiger partial charge in [0.15, 0.2) is 0 Å². The van der Waals surface area contributed by atoms with Crippen LogP contribution < -0.4 is 28.7 Å². The summed E-state index contributed by atoms with van der Waals surface area (Å²) in [4.78, 5) is 0. The van der Waals surface area contributed by atoms with Crippen LogP contribution in [0.4, 0.5) is 28.4 Å². The van der Waals surface area contributed by atoms with Crippen LogP contribution in [0.2, 0.25) is 0 Å². The van der Waals surface area contributed by atoms with Gasteiger partial charge in [0.1, 0.15) is 0 Å². The summed E-state index contributed by atoms with van der Waals surface area (Å²) in [6.45, 7) is 1.75. The van der Waals surface area contributed by atoms with Gasteiger partial charge in [-0.3, -0.25) is 0 Å². The largest absolute Gasteiger partial charge is 0.397 e. The van der Waals surface area contributed by atoms with E-state index in [4.69, 9.17) is 28.7 Å². The lowest BCUT2D eigenvalue weighted by Gasteiger charge is -2.13. The first-order valence-corrected chi connectivity index (χ1v) is 3.44. The number of anilines is 5. The van der Waals surface area contributed by atoms with Crippen LogP contribution in [0.15, 0.2) is 0 Å². The summed E-state index contributed by atoms with van der Waals surface area (Å²) >= 11 is 0. The lowest BCUT2D eigenvalue weighted by atomic mass is 10.1. The monoisotopic (exact) mass is 167 g/mol. The Balaban J connectivity index is 3.60. The zero-order valence-electron chi connectivity index (χ0n) is 6.89. The zero-order valence-corrected chi connectivity index (χ0v) is 6.89. The van der Waals surface area contributed by atoms with Gasteiger partial charge in [-0.2, -0.15) is 0 Å². The van der Waals surface area contributed by atoms with Crippen molar-refractivity contribution >= 4 is 28.4 Å². The van der Waals surface area contributed by atoms with Crippen LogP contribution in [0, 0.1) is 6.92 Å². The van der Waals surface area contributed by atoms with Gasteiger partial charge in [-0.05, 0) is 12.5 Å². The SMILES string of the molecule is Cc1c(N)c(N)c(N)c(N)c1N. The standard InChI is InChI=1S/C7H13N5/c1-2-3(8)5(10)7(12)6(11)4(2)9/h8-12H2,1H3. The summed E-state index contributed by atoms with van der Waals surface area (Å²) in [6, 6.07) is 0. The minimum atomic E-state index is 0.260. The summed E-state index contributed by atoms with van der Waals surface area (Å²) in [6.07, 6.45) is 0. The van der Waals surface area contributed by atoms with Gasteiger partial charge in [0.2, 0.25) is 0 Å². The quantitative estimate of drug-likeness (QED) is 0.344. The first-order valence-electron chi connectivity index (χ1n) is 3.44. The van der Waals surface area contributed by atoms with E-state index < -0.39 is 0 Å². The Morgan fingerprint density at radius 2 is 0.833 bits per heavy atom. The highest BCUT2D eigenvalue weighted by Crippen LogP contribution is 2.37. The average molecular weight is 167 g/mol. The number of benzene rings is 1. The molecule has 1 rings (SSSR count). The van der Waals surface area contributed by atoms with Gasteiger partial charge < -0.3 is 28.7 Å². The van der Waals surface area contributed by atoms with Gasteiger partial charge in [-0.1, -0.05) is 0 Å². The number of rotatable bonds is 0. The molecule has 0 fully saturated rings. The van der Waals surface area contributed by atoms with E-state index in [1.807, 2.05) is 0 Å². The molecule has 0 aromatic heterocycles. The smallest absolute Gasteiger partial charge is 0.0824 e. The van der Waals surface area contributed by atoms with Crippen molar-refractivity contribution in [1.29, 1.82) is 0 Å². The van der Waals surface area contributed by atoms with Crippen molar-refractivity contribution in [3.05, 3.63) is 5.56 Å². The molecule has 5 heteroatoms. The molecule has 0 atom stereocenters. The predicted octanol–water partition coefficient (Wildman–Crippen LogP) is -0.0940. The van der Waals surface area contributed by atoms with Crippen molar-refractivity contribution in [1.82, 2.24) is 0 Å². The highest BCUT2D eigenvalue weighted by molar-refractivity contribution is 5.95. The molecule has 66 valence electrons. The second-order valence-electron chi connectivity index (χ2n) is 2.69. The zero-order chi connectivity index (χ0) is 9.46. The molecule has 0 saturated carbocycles. The van der Waals surface area contributed by atoms with Crippen LogP contribution in [0.1, 0.15) is 5.56 Å². The highest BCUT2D eigenvalue weighted by atomic mass is 14.8. The molecule has 5 nitrogen and oxygen atoms in total. The summed E-state index contributed by atoms with van der Waals surface area (Å²) in [5, 5.41) is 0. The number of hydrogen-bond donors (Lipinski definition) is 5. The molecule has 0 spiro atoms. The van der Waals surface area contributed by atoms with Crippen LogP contribution in [-0.4, -0.2) is 0 Å². The van der Waals surface area contributed by atoms with Crippen LogP contribution in [0.5, 0.6) is 0 Å². The molecule has 12 heavy (non-hydrogen) atoms. The lowest BCUT2D eigenvalue weighted by Crippen LogP contribution is -2.09. The Bertz CT molecular complexity index is 226. The van der Waals surface area contributed by atoms with Crippen LogP contribution in [0.25, 0.3) is 0 Å². The maximum absolute atomic E-state index is 5.61. The average Bonchev–Trinajstić information content (AvgIpc) is 2.08. The second kappa shape index (κ2) is 2.37. The molecular weight excluding hydrogens is 154 g/mol. The normalized spacial score (nSPS) is 10.1. The minimum Gasteiger partial charge on any atom is -0.397 e.